The first-order valence-electron chi connectivity index (χ1n) is 19.7. The number of esters is 1. The molecule has 0 aliphatic heterocycles. The van der Waals surface area contributed by atoms with Crippen molar-refractivity contribution in [1.82, 2.24) is 0 Å². The molecule has 0 amide bonds. The molecule has 0 saturated carbocycles. The summed E-state index contributed by atoms with van der Waals surface area (Å²) in [5.74, 6) is -0.383. The fourth-order valence-corrected chi connectivity index (χ4v) is 6.18. The van der Waals surface area contributed by atoms with E-state index in [0.717, 1.165) is 44.9 Å². The summed E-state index contributed by atoms with van der Waals surface area (Å²) in [4.78, 5) is 22.5. The van der Waals surface area contributed by atoms with Gasteiger partial charge in [0.15, 0.2) is 0 Å². The molecular formula is C38H75O9P. The Kier molecular flexibility index (Phi) is 35.4. The van der Waals surface area contributed by atoms with Crippen LogP contribution >= 0.6 is 7.82 Å². The van der Waals surface area contributed by atoms with Crippen LogP contribution in [0.15, 0.2) is 12.2 Å². The summed E-state index contributed by atoms with van der Waals surface area (Å²) in [5, 5.41) is 18.3. The summed E-state index contributed by atoms with van der Waals surface area (Å²) < 4.78 is 33.2. The van der Waals surface area contributed by atoms with Gasteiger partial charge in [0.2, 0.25) is 0 Å². The van der Waals surface area contributed by atoms with Crippen LogP contribution in [0.5, 0.6) is 0 Å². The van der Waals surface area contributed by atoms with Gasteiger partial charge in [-0.2, -0.15) is 0 Å². The maximum absolute atomic E-state index is 12.6. The van der Waals surface area contributed by atoms with Crippen LogP contribution < -0.4 is 0 Å². The molecule has 10 heteroatoms. The van der Waals surface area contributed by atoms with E-state index in [1.54, 1.807) is 0 Å². The molecule has 0 radical (unpaired) electrons. The number of aliphatic hydroxyl groups excluding tert-OH is 2. The number of carbonyl (C=O) groups is 1. The Balaban J connectivity index is 4.19. The number of hydrogen-bond acceptors (Lipinski definition) is 8. The van der Waals surface area contributed by atoms with Crippen LogP contribution in [0.1, 0.15) is 181 Å². The molecule has 286 valence electrons. The summed E-state index contributed by atoms with van der Waals surface area (Å²) in [6, 6.07) is 0. The molecule has 0 heterocycles. The lowest BCUT2D eigenvalue weighted by Gasteiger charge is -2.20. The Morgan fingerprint density at radius 2 is 1.08 bits per heavy atom. The van der Waals surface area contributed by atoms with Gasteiger partial charge in [0, 0.05) is 13.0 Å². The van der Waals surface area contributed by atoms with Gasteiger partial charge < -0.3 is 24.6 Å². The third kappa shape index (κ3) is 35.0. The van der Waals surface area contributed by atoms with Crippen LogP contribution in [-0.4, -0.2) is 66.3 Å². The van der Waals surface area contributed by atoms with Gasteiger partial charge in [-0.25, -0.2) is 4.57 Å². The molecule has 0 aromatic carbocycles. The highest BCUT2D eigenvalue weighted by Gasteiger charge is 2.26. The fraction of sp³-hybridized carbons (Fsp3) is 0.921. The SMILES string of the molecule is CCCC/C=C\CCCCCCCCOCC(COP(=O)(O)OCC(O)CO)OC(=O)CCCCCCCCCCCCCCCCC. The van der Waals surface area contributed by atoms with Crippen LogP contribution in [0.4, 0.5) is 0 Å². The van der Waals surface area contributed by atoms with Crippen molar-refractivity contribution in [3.8, 4) is 0 Å². The molecule has 0 aliphatic rings. The molecular weight excluding hydrogens is 631 g/mol. The molecule has 0 aromatic rings. The number of allylic oxidation sites excluding steroid dienone is 2. The zero-order valence-electron chi connectivity index (χ0n) is 31.0. The van der Waals surface area contributed by atoms with Gasteiger partial charge in [0.05, 0.1) is 26.4 Å². The van der Waals surface area contributed by atoms with Crippen LogP contribution in [0.25, 0.3) is 0 Å². The Morgan fingerprint density at radius 1 is 0.625 bits per heavy atom. The van der Waals surface area contributed by atoms with E-state index in [1.807, 2.05) is 0 Å². The molecule has 0 aliphatic carbocycles. The number of rotatable bonds is 38. The molecule has 0 bridgehead atoms. The summed E-state index contributed by atoms with van der Waals surface area (Å²) >= 11 is 0. The van der Waals surface area contributed by atoms with Crippen molar-refractivity contribution in [3.63, 3.8) is 0 Å². The number of aliphatic hydroxyl groups is 2. The van der Waals surface area contributed by atoms with E-state index in [1.165, 1.54) is 116 Å². The monoisotopic (exact) mass is 707 g/mol. The number of hydrogen-bond donors (Lipinski definition) is 3. The summed E-state index contributed by atoms with van der Waals surface area (Å²) in [5.41, 5.74) is 0. The zero-order valence-corrected chi connectivity index (χ0v) is 31.9. The second kappa shape index (κ2) is 36.0. The van der Waals surface area contributed by atoms with E-state index in [2.05, 4.69) is 26.0 Å². The summed E-state index contributed by atoms with van der Waals surface area (Å²) in [6.45, 7) is 3.49. The minimum absolute atomic E-state index is 0.0498. The molecule has 3 N–H and O–H groups in total. The number of unbranched alkanes of at least 4 members (excludes halogenated alkanes) is 22. The first-order chi connectivity index (χ1) is 23.3. The lowest BCUT2D eigenvalue weighted by molar-refractivity contribution is -0.154. The van der Waals surface area contributed by atoms with Crippen LogP contribution in [0.2, 0.25) is 0 Å². The summed E-state index contributed by atoms with van der Waals surface area (Å²) in [6.07, 6.45) is 33.1. The topological polar surface area (TPSA) is 132 Å². The number of carbonyl (C=O) groups excluding carboxylic acids is 1. The van der Waals surface area contributed by atoms with Crippen molar-refractivity contribution < 1.29 is 43.0 Å². The predicted octanol–water partition coefficient (Wildman–Crippen LogP) is 10.1. The lowest BCUT2D eigenvalue weighted by Crippen LogP contribution is -2.29. The van der Waals surface area contributed by atoms with Crippen LogP contribution in [0, 0.1) is 0 Å². The van der Waals surface area contributed by atoms with Gasteiger partial charge in [0.1, 0.15) is 12.2 Å². The maximum atomic E-state index is 12.6. The van der Waals surface area contributed by atoms with E-state index < -0.39 is 33.2 Å². The Bertz CT molecular complexity index is 764. The quantitative estimate of drug-likeness (QED) is 0.0248. The van der Waals surface area contributed by atoms with E-state index in [9.17, 15) is 19.4 Å². The smallest absolute Gasteiger partial charge is 0.457 e. The zero-order chi connectivity index (χ0) is 35.4. The Hall–Kier alpha value is -0.800. The van der Waals surface area contributed by atoms with Crippen molar-refractivity contribution in [3.05, 3.63) is 12.2 Å². The van der Waals surface area contributed by atoms with Crippen molar-refractivity contribution in [2.24, 2.45) is 0 Å². The highest BCUT2D eigenvalue weighted by molar-refractivity contribution is 7.47. The first-order valence-corrected chi connectivity index (χ1v) is 21.2. The summed E-state index contributed by atoms with van der Waals surface area (Å²) in [7, 11) is -4.51. The molecule has 0 aromatic heterocycles. The molecule has 0 spiro atoms. The van der Waals surface area contributed by atoms with Gasteiger partial charge in [-0.3, -0.25) is 13.8 Å². The first kappa shape index (κ1) is 47.2. The van der Waals surface area contributed by atoms with Gasteiger partial charge in [-0.1, -0.05) is 154 Å². The minimum Gasteiger partial charge on any atom is -0.457 e. The second-order valence-electron chi connectivity index (χ2n) is 13.3. The largest absolute Gasteiger partial charge is 0.472 e. The molecule has 0 fully saturated rings. The Labute approximate surface area is 294 Å². The maximum Gasteiger partial charge on any atom is 0.472 e. The van der Waals surface area contributed by atoms with Gasteiger partial charge >= 0.3 is 13.8 Å². The van der Waals surface area contributed by atoms with Crippen LogP contribution in [-0.2, 0) is 27.9 Å². The third-order valence-electron chi connectivity index (χ3n) is 8.45. The average molecular weight is 707 g/mol. The molecule has 3 atom stereocenters. The highest BCUT2D eigenvalue weighted by Crippen LogP contribution is 2.43. The number of phosphoric ester groups is 1. The van der Waals surface area contributed by atoms with Gasteiger partial charge in [0.25, 0.3) is 0 Å². The standard InChI is InChI=1S/C38H75O9P/c1-3-5-7-9-11-13-15-17-18-19-20-22-24-26-28-30-38(41)47-37(35-46-48(42,43)45-33-36(40)32-39)34-44-31-29-27-25-23-21-16-14-12-10-8-6-4-2/h10,12,36-37,39-40H,3-9,11,13-35H2,1-2H3,(H,42,43)/b12-10-. The van der Waals surface area contributed by atoms with Crippen molar-refractivity contribution in [2.75, 3.05) is 33.0 Å². The molecule has 3 unspecified atom stereocenters. The molecule has 48 heavy (non-hydrogen) atoms. The van der Waals surface area contributed by atoms with Crippen molar-refractivity contribution in [2.45, 2.75) is 193 Å². The van der Waals surface area contributed by atoms with E-state index in [0.29, 0.717) is 6.61 Å². The van der Waals surface area contributed by atoms with Crippen molar-refractivity contribution >= 4 is 13.8 Å². The Morgan fingerprint density at radius 3 is 1.62 bits per heavy atom. The van der Waals surface area contributed by atoms with E-state index in [4.69, 9.17) is 23.6 Å². The third-order valence-corrected chi connectivity index (χ3v) is 9.40. The molecule has 0 rings (SSSR count). The number of phosphoric acid groups is 1. The minimum atomic E-state index is -4.51. The molecule has 9 nitrogen and oxygen atoms in total. The predicted molar refractivity (Wildman–Crippen MR) is 196 cm³/mol. The van der Waals surface area contributed by atoms with Crippen LogP contribution in [0.3, 0.4) is 0 Å². The average Bonchev–Trinajstić information content (AvgIpc) is 3.07. The van der Waals surface area contributed by atoms with Gasteiger partial charge in [-0.15, -0.1) is 0 Å². The highest BCUT2D eigenvalue weighted by atomic mass is 31.2. The second-order valence-corrected chi connectivity index (χ2v) is 14.8. The van der Waals surface area contributed by atoms with E-state index >= 15 is 0 Å². The van der Waals surface area contributed by atoms with E-state index in [-0.39, 0.29) is 25.6 Å². The number of ether oxygens (including phenoxy) is 2. The lowest BCUT2D eigenvalue weighted by atomic mass is 10.0. The normalized spacial score (nSPS) is 14.4. The van der Waals surface area contributed by atoms with Gasteiger partial charge in [-0.05, 0) is 32.1 Å². The van der Waals surface area contributed by atoms with Crippen molar-refractivity contribution in [1.29, 1.82) is 0 Å². The molecule has 0 saturated heterocycles. The fourth-order valence-electron chi connectivity index (χ4n) is 5.40.